The molecule has 3 aromatic rings. The van der Waals surface area contributed by atoms with Gasteiger partial charge < -0.3 is 21.5 Å². The highest BCUT2D eigenvalue weighted by Crippen LogP contribution is 2.28. The number of nitrogens with two attached hydrogens (primary N) is 1. The molecule has 3 rings (SSSR count). The van der Waals surface area contributed by atoms with Crippen LogP contribution < -0.4 is 16.4 Å². The minimum absolute atomic E-state index is 0.0835. The second-order valence-electron chi connectivity index (χ2n) is 6.70. The second kappa shape index (κ2) is 8.84. The number of rotatable bonds is 5. The highest BCUT2D eigenvalue weighted by Gasteiger charge is 2.21. The third kappa shape index (κ3) is 4.81. The molecule has 2 aromatic carbocycles. The summed E-state index contributed by atoms with van der Waals surface area (Å²) in [7, 11) is 1.46. The summed E-state index contributed by atoms with van der Waals surface area (Å²) in [6.07, 6.45) is -0.501. The molecule has 31 heavy (non-hydrogen) atoms. The maximum Gasteiger partial charge on any atom is 0.271 e. The van der Waals surface area contributed by atoms with Crippen molar-refractivity contribution < 1.29 is 23.5 Å². The van der Waals surface area contributed by atoms with Crippen molar-refractivity contribution in [1.29, 1.82) is 0 Å². The van der Waals surface area contributed by atoms with Crippen LogP contribution in [0.2, 0.25) is 0 Å². The molecule has 0 aliphatic rings. The van der Waals surface area contributed by atoms with Gasteiger partial charge in [-0.15, -0.1) is 0 Å². The lowest BCUT2D eigenvalue weighted by Crippen LogP contribution is -2.22. The summed E-state index contributed by atoms with van der Waals surface area (Å²) in [6, 6.07) is 7.11. The predicted molar refractivity (Wildman–Crippen MR) is 110 cm³/mol. The Labute approximate surface area is 176 Å². The van der Waals surface area contributed by atoms with Crippen LogP contribution in [0.5, 0.6) is 0 Å². The molecule has 1 atom stereocenters. The van der Waals surface area contributed by atoms with Crippen molar-refractivity contribution >= 4 is 23.3 Å². The van der Waals surface area contributed by atoms with Gasteiger partial charge >= 0.3 is 0 Å². The molecule has 160 valence electrons. The van der Waals surface area contributed by atoms with E-state index in [1.165, 1.54) is 19.3 Å². The Kier molecular flexibility index (Phi) is 6.21. The van der Waals surface area contributed by atoms with Gasteiger partial charge in [0, 0.05) is 24.4 Å². The maximum atomic E-state index is 13.3. The Morgan fingerprint density at radius 2 is 1.81 bits per heavy atom. The minimum Gasteiger partial charge on any atom is -0.382 e. The standard InChI is InChI=1S/C21H19F2N5O3/c1-10-5-14(27-21(31)19(29)11-6-12(22)8-13(23)7-11)3-4-15(10)17-18(20(30)25-2)26-9-16(24)28-17/h3-9,19,29H,1-2H3,(H2,24,28)(H,25,30)(H,27,31). The number of aryl methyl sites for hydroxylation is 1. The van der Waals surface area contributed by atoms with E-state index in [2.05, 4.69) is 20.6 Å². The Morgan fingerprint density at radius 3 is 2.42 bits per heavy atom. The Balaban J connectivity index is 1.87. The zero-order valence-corrected chi connectivity index (χ0v) is 16.6. The van der Waals surface area contributed by atoms with Crippen LogP contribution in [0.25, 0.3) is 11.3 Å². The molecule has 0 saturated carbocycles. The van der Waals surface area contributed by atoms with E-state index in [0.717, 1.165) is 12.1 Å². The van der Waals surface area contributed by atoms with Crippen LogP contribution in [0, 0.1) is 18.6 Å². The van der Waals surface area contributed by atoms with Crippen LogP contribution >= 0.6 is 0 Å². The van der Waals surface area contributed by atoms with Crippen LogP contribution in [0.3, 0.4) is 0 Å². The number of anilines is 2. The molecule has 8 nitrogen and oxygen atoms in total. The van der Waals surface area contributed by atoms with Gasteiger partial charge in [0.15, 0.2) is 11.8 Å². The number of nitrogen functional groups attached to an aromatic ring is 1. The van der Waals surface area contributed by atoms with Gasteiger partial charge in [-0.05, 0) is 42.3 Å². The molecule has 2 amide bonds. The first-order valence-electron chi connectivity index (χ1n) is 9.10. The SMILES string of the molecule is CNC(=O)c1ncc(N)nc1-c1ccc(NC(=O)C(O)c2cc(F)cc(F)c2)cc1C. The summed E-state index contributed by atoms with van der Waals surface area (Å²) < 4.78 is 26.7. The number of benzene rings is 2. The molecule has 10 heteroatoms. The van der Waals surface area contributed by atoms with Crippen molar-refractivity contribution in [3.05, 3.63) is 71.1 Å². The molecule has 0 aliphatic carbocycles. The van der Waals surface area contributed by atoms with E-state index in [4.69, 9.17) is 5.73 Å². The van der Waals surface area contributed by atoms with Crippen molar-refractivity contribution in [2.75, 3.05) is 18.1 Å². The topological polar surface area (TPSA) is 130 Å². The van der Waals surface area contributed by atoms with E-state index < -0.39 is 29.6 Å². The summed E-state index contributed by atoms with van der Waals surface area (Å²) in [5.74, 6) is -2.99. The summed E-state index contributed by atoms with van der Waals surface area (Å²) >= 11 is 0. The minimum atomic E-state index is -1.77. The van der Waals surface area contributed by atoms with Crippen molar-refractivity contribution in [3.8, 4) is 11.3 Å². The number of carbonyl (C=O) groups is 2. The molecule has 0 spiro atoms. The molecular formula is C21H19F2N5O3. The summed E-state index contributed by atoms with van der Waals surface area (Å²) in [6.45, 7) is 1.72. The van der Waals surface area contributed by atoms with E-state index in [9.17, 15) is 23.5 Å². The second-order valence-corrected chi connectivity index (χ2v) is 6.70. The summed E-state index contributed by atoms with van der Waals surface area (Å²) in [5.41, 5.74) is 7.37. The first-order chi connectivity index (χ1) is 14.7. The van der Waals surface area contributed by atoms with E-state index in [1.54, 1.807) is 19.1 Å². The summed E-state index contributed by atoms with van der Waals surface area (Å²) in [5, 5.41) is 15.1. The fourth-order valence-corrected chi connectivity index (χ4v) is 2.98. The molecule has 0 saturated heterocycles. The molecule has 0 radical (unpaired) electrons. The van der Waals surface area contributed by atoms with Gasteiger partial charge in [-0.1, -0.05) is 6.07 Å². The third-order valence-electron chi connectivity index (χ3n) is 4.43. The lowest BCUT2D eigenvalue weighted by atomic mass is 10.0. The molecule has 1 unspecified atom stereocenters. The highest BCUT2D eigenvalue weighted by molar-refractivity contribution is 5.99. The van der Waals surface area contributed by atoms with E-state index >= 15 is 0 Å². The van der Waals surface area contributed by atoms with Crippen molar-refractivity contribution in [1.82, 2.24) is 15.3 Å². The summed E-state index contributed by atoms with van der Waals surface area (Å²) in [4.78, 5) is 32.7. The number of nitrogens with zero attached hydrogens (tertiary/aromatic N) is 2. The predicted octanol–water partition coefficient (Wildman–Crippen LogP) is 2.34. The Morgan fingerprint density at radius 1 is 1.13 bits per heavy atom. The van der Waals surface area contributed by atoms with Crippen molar-refractivity contribution in [2.45, 2.75) is 13.0 Å². The zero-order valence-electron chi connectivity index (χ0n) is 16.6. The van der Waals surface area contributed by atoms with Gasteiger partial charge in [0.25, 0.3) is 11.8 Å². The smallest absolute Gasteiger partial charge is 0.271 e. The number of aliphatic hydroxyl groups excluding tert-OH is 1. The van der Waals surface area contributed by atoms with Crippen molar-refractivity contribution in [3.63, 3.8) is 0 Å². The molecule has 5 N–H and O–H groups in total. The van der Waals surface area contributed by atoms with Crippen LogP contribution in [0.1, 0.15) is 27.7 Å². The number of hydrogen-bond acceptors (Lipinski definition) is 6. The van der Waals surface area contributed by atoms with Gasteiger partial charge in [-0.25, -0.2) is 18.7 Å². The van der Waals surface area contributed by atoms with Crippen LogP contribution in [-0.2, 0) is 4.79 Å². The maximum absolute atomic E-state index is 13.3. The number of nitrogens with one attached hydrogen (secondary N) is 2. The lowest BCUT2D eigenvalue weighted by Gasteiger charge is -2.14. The number of amides is 2. The molecule has 0 bridgehead atoms. The molecule has 1 aromatic heterocycles. The zero-order chi connectivity index (χ0) is 22.7. The van der Waals surface area contributed by atoms with Crippen LogP contribution in [0.15, 0.2) is 42.6 Å². The third-order valence-corrected chi connectivity index (χ3v) is 4.43. The highest BCUT2D eigenvalue weighted by atomic mass is 19.1. The van der Waals surface area contributed by atoms with Gasteiger partial charge in [-0.2, -0.15) is 0 Å². The number of hydrogen-bond donors (Lipinski definition) is 4. The first kappa shape index (κ1) is 21.8. The normalized spacial score (nSPS) is 11.6. The Hall–Kier alpha value is -3.92. The number of halogens is 2. The average molecular weight is 427 g/mol. The van der Waals surface area contributed by atoms with Crippen LogP contribution in [0.4, 0.5) is 20.3 Å². The number of aromatic nitrogens is 2. The molecule has 0 aliphatic heterocycles. The van der Waals surface area contributed by atoms with Gasteiger partial charge in [0.2, 0.25) is 0 Å². The molecule has 0 fully saturated rings. The van der Waals surface area contributed by atoms with E-state index in [-0.39, 0.29) is 22.8 Å². The van der Waals surface area contributed by atoms with Gasteiger partial charge in [0.1, 0.15) is 23.1 Å². The molecular weight excluding hydrogens is 408 g/mol. The Bertz CT molecular complexity index is 1150. The number of aliphatic hydroxyl groups is 1. The number of carbonyl (C=O) groups excluding carboxylic acids is 2. The van der Waals surface area contributed by atoms with Crippen LogP contribution in [-0.4, -0.2) is 33.9 Å². The van der Waals surface area contributed by atoms with E-state index in [1.807, 2.05) is 0 Å². The monoisotopic (exact) mass is 427 g/mol. The van der Waals surface area contributed by atoms with Crippen molar-refractivity contribution in [2.24, 2.45) is 0 Å². The first-order valence-corrected chi connectivity index (χ1v) is 9.10. The van der Waals surface area contributed by atoms with Gasteiger partial charge in [-0.3, -0.25) is 9.59 Å². The van der Waals surface area contributed by atoms with Gasteiger partial charge in [0.05, 0.1) is 6.20 Å². The fourth-order valence-electron chi connectivity index (χ4n) is 2.98. The molecule has 1 heterocycles. The largest absolute Gasteiger partial charge is 0.382 e. The lowest BCUT2D eigenvalue weighted by molar-refractivity contribution is -0.124. The van der Waals surface area contributed by atoms with E-state index in [0.29, 0.717) is 22.9 Å². The average Bonchev–Trinajstić information content (AvgIpc) is 2.72. The quantitative estimate of drug-likeness (QED) is 0.495. The fraction of sp³-hybridized carbons (Fsp3) is 0.143.